The van der Waals surface area contributed by atoms with Crippen LogP contribution in [0.2, 0.25) is 0 Å². The molecule has 0 saturated carbocycles. The second kappa shape index (κ2) is 4.36. The molecule has 1 heterocycles. The average molecular weight is 206 g/mol. The standard InChI is InChI=1S/C12H11FO2/c13-12-6-9(3-4-10(12)7-14)11-2-1-5-15-8-11/h2-4,6-7H,1,5,8H2. The van der Waals surface area contributed by atoms with Crippen LogP contribution in [0.3, 0.4) is 0 Å². The summed E-state index contributed by atoms with van der Waals surface area (Å²) in [6, 6.07) is 4.62. The highest BCUT2D eigenvalue weighted by Gasteiger charge is 2.09. The van der Waals surface area contributed by atoms with Crippen LogP contribution in [0.25, 0.3) is 5.57 Å². The van der Waals surface area contributed by atoms with Gasteiger partial charge in [-0.1, -0.05) is 12.1 Å². The monoisotopic (exact) mass is 206 g/mol. The Morgan fingerprint density at radius 2 is 2.27 bits per heavy atom. The van der Waals surface area contributed by atoms with E-state index in [0.29, 0.717) is 12.9 Å². The van der Waals surface area contributed by atoms with Gasteiger partial charge in [-0.15, -0.1) is 0 Å². The molecule has 0 atom stereocenters. The summed E-state index contributed by atoms with van der Waals surface area (Å²) in [5.74, 6) is -0.478. The van der Waals surface area contributed by atoms with Crippen LogP contribution < -0.4 is 0 Å². The molecule has 0 fully saturated rings. The fraction of sp³-hybridized carbons (Fsp3) is 0.250. The van der Waals surface area contributed by atoms with Gasteiger partial charge in [0.15, 0.2) is 6.29 Å². The Labute approximate surface area is 87.4 Å². The zero-order valence-electron chi connectivity index (χ0n) is 8.20. The number of rotatable bonds is 2. The summed E-state index contributed by atoms with van der Waals surface area (Å²) in [5, 5.41) is 0. The lowest BCUT2D eigenvalue weighted by molar-refractivity contribution is 0.112. The summed E-state index contributed by atoms with van der Waals surface area (Å²) in [6.45, 7) is 1.23. The van der Waals surface area contributed by atoms with Gasteiger partial charge in [-0.2, -0.15) is 0 Å². The first kappa shape index (κ1) is 10.1. The van der Waals surface area contributed by atoms with Crippen LogP contribution in [-0.4, -0.2) is 19.5 Å². The summed E-state index contributed by atoms with van der Waals surface area (Å²) >= 11 is 0. The first-order valence-electron chi connectivity index (χ1n) is 4.83. The molecule has 0 radical (unpaired) electrons. The Balaban J connectivity index is 2.33. The first-order valence-corrected chi connectivity index (χ1v) is 4.83. The molecule has 3 heteroatoms. The minimum Gasteiger partial charge on any atom is -0.376 e. The third-order valence-corrected chi connectivity index (χ3v) is 2.41. The number of aldehydes is 1. The van der Waals surface area contributed by atoms with E-state index in [4.69, 9.17) is 4.74 Å². The highest BCUT2D eigenvalue weighted by atomic mass is 19.1. The normalized spacial score (nSPS) is 15.9. The van der Waals surface area contributed by atoms with Crippen molar-refractivity contribution in [3.8, 4) is 0 Å². The summed E-state index contributed by atoms with van der Waals surface area (Å²) in [4.78, 5) is 10.4. The van der Waals surface area contributed by atoms with Gasteiger partial charge >= 0.3 is 0 Å². The molecule has 0 bridgehead atoms. The fourth-order valence-corrected chi connectivity index (χ4v) is 1.58. The van der Waals surface area contributed by atoms with Gasteiger partial charge in [0.2, 0.25) is 0 Å². The molecular weight excluding hydrogens is 195 g/mol. The zero-order valence-corrected chi connectivity index (χ0v) is 8.20. The third-order valence-electron chi connectivity index (χ3n) is 2.41. The molecule has 1 aliphatic rings. The van der Waals surface area contributed by atoms with Crippen LogP contribution in [0.4, 0.5) is 4.39 Å². The number of carbonyl (C=O) groups is 1. The number of hydrogen-bond acceptors (Lipinski definition) is 2. The van der Waals surface area contributed by atoms with Crippen LogP contribution in [-0.2, 0) is 4.74 Å². The molecule has 0 amide bonds. The Morgan fingerprint density at radius 3 is 2.87 bits per heavy atom. The van der Waals surface area contributed by atoms with Gasteiger partial charge in [-0.25, -0.2) is 4.39 Å². The number of benzene rings is 1. The highest BCUT2D eigenvalue weighted by molar-refractivity contribution is 5.77. The maximum Gasteiger partial charge on any atom is 0.152 e. The van der Waals surface area contributed by atoms with Gasteiger partial charge in [0.05, 0.1) is 18.8 Å². The molecule has 1 aromatic carbocycles. The van der Waals surface area contributed by atoms with Gasteiger partial charge in [0.25, 0.3) is 0 Å². The minimum absolute atomic E-state index is 0.0936. The van der Waals surface area contributed by atoms with Crippen LogP contribution in [0, 0.1) is 5.82 Å². The second-order valence-corrected chi connectivity index (χ2v) is 3.42. The van der Waals surface area contributed by atoms with Gasteiger partial charge in [-0.05, 0) is 29.7 Å². The Bertz CT molecular complexity index is 410. The van der Waals surface area contributed by atoms with E-state index >= 15 is 0 Å². The van der Waals surface area contributed by atoms with E-state index in [1.807, 2.05) is 6.08 Å². The van der Waals surface area contributed by atoms with Crippen molar-refractivity contribution in [2.45, 2.75) is 6.42 Å². The quantitative estimate of drug-likeness (QED) is 0.695. The van der Waals surface area contributed by atoms with Crippen molar-refractivity contribution in [1.29, 1.82) is 0 Å². The van der Waals surface area contributed by atoms with Crippen molar-refractivity contribution in [2.75, 3.05) is 13.2 Å². The Morgan fingerprint density at radius 1 is 1.40 bits per heavy atom. The summed E-state index contributed by atoms with van der Waals surface area (Å²) < 4.78 is 18.6. The molecule has 1 aliphatic heterocycles. The summed E-state index contributed by atoms with van der Waals surface area (Å²) in [7, 11) is 0. The first-order chi connectivity index (χ1) is 7.31. The van der Waals surface area contributed by atoms with Crippen molar-refractivity contribution in [2.24, 2.45) is 0 Å². The molecule has 15 heavy (non-hydrogen) atoms. The average Bonchev–Trinajstić information content (AvgIpc) is 2.30. The molecule has 0 saturated heterocycles. The lowest BCUT2D eigenvalue weighted by atomic mass is 10.0. The molecule has 0 unspecified atom stereocenters. The van der Waals surface area contributed by atoms with Crippen LogP contribution >= 0.6 is 0 Å². The topological polar surface area (TPSA) is 26.3 Å². The number of ether oxygens (including phenoxy) is 1. The van der Waals surface area contributed by atoms with E-state index in [9.17, 15) is 9.18 Å². The number of halogens is 1. The molecule has 0 N–H and O–H groups in total. The predicted molar refractivity (Wildman–Crippen MR) is 55.2 cm³/mol. The van der Waals surface area contributed by atoms with E-state index < -0.39 is 5.82 Å². The Kier molecular flexibility index (Phi) is 2.92. The lowest BCUT2D eigenvalue weighted by Gasteiger charge is -2.13. The largest absolute Gasteiger partial charge is 0.376 e. The lowest BCUT2D eigenvalue weighted by Crippen LogP contribution is -2.05. The van der Waals surface area contributed by atoms with Crippen molar-refractivity contribution in [1.82, 2.24) is 0 Å². The van der Waals surface area contributed by atoms with Gasteiger partial charge in [-0.3, -0.25) is 4.79 Å². The molecular formula is C12H11FO2. The molecule has 1 aromatic rings. The van der Waals surface area contributed by atoms with E-state index in [1.165, 1.54) is 12.1 Å². The molecule has 2 rings (SSSR count). The maximum atomic E-state index is 13.3. The van der Waals surface area contributed by atoms with Crippen LogP contribution in [0.15, 0.2) is 24.3 Å². The van der Waals surface area contributed by atoms with E-state index in [1.54, 1.807) is 6.07 Å². The van der Waals surface area contributed by atoms with E-state index in [2.05, 4.69) is 0 Å². The third kappa shape index (κ3) is 2.13. The number of carbonyl (C=O) groups excluding carboxylic acids is 1. The van der Waals surface area contributed by atoms with Crippen molar-refractivity contribution < 1.29 is 13.9 Å². The zero-order chi connectivity index (χ0) is 10.7. The molecule has 0 aromatic heterocycles. The SMILES string of the molecule is O=Cc1ccc(C2=CCCOC2)cc1F. The predicted octanol–water partition coefficient (Wildman–Crippen LogP) is 2.44. The van der Waals surface area contributed by atoms with Crippen molar-refractivity contribution >= 4 is 11.9 Å². The van der Waals surface area contributed by atoms with Crippen LogP contribution in [0.1, 0.15) is 22.3 Å². The van der Waals surface area contributed by atoms with Crippen molar-refractivity contribution in [3.05, 3.63) is 41.2 Å². The van der Waals surface area contributed by atoms with Gasteiger partial charge in [0, 0.05) is 0 Å². The molecule has 0 aliphatic carbocycles. The molecule has 0 spiro atoms. The Hall–Kier alpha value is -1.48. The van der Waals surface area contributed by atoms with Gasteiger partial charge in [0.1, 0.15) is 5.82 Å². The van der Waals surface area contributed by atoms with Gasteiger partial charge < -0.3 is 4.74 Å². The summed E-state index contributed by atoms with van der Waals surface area (Å²) in [6.07, 6.45) is 3.41. The van der Waals surface area contributed by atoms with E-state index in [-0.39, 0.29) is 5.56 Å². The van der Waals surface area contributed by atoms with Crippen molar-refractivity contribution in [3.63, 3.8) is 0 Å². The molecule has 2 nitrogen and oxygen atoms in total. The maximum absolute atomic E-state index is 13.3. The molecule has 78 valence electrons. The second-order valence-electron chi connectivity index (χ2n) is 3.42. The smallest absolute Gasteiger partial charge is 0.152 e. The highest BCUT2D eigenvalue weighted by Crippen LogP contribution is 2.20. The summed E-state index contributed by atoms with van der Waals surface area (Å²) in [5.41, 5.74) is 1.87. The fourth-order valence-electron chi connectivity index (χ4n) is 1.58. The number of hydrogen-bond donors (Lipinski definition) is 0. The van der Waals surface area contributed by atoms with Crippen LogP contribution in [0.5, 0.6) is 0 Å². The minimum atomic E-state index is -0.478. The van der Waals surface area contributed by atoms with E-state index in [0.717, 1.165) is 24.2 Å².